The standard InChI is InChI=1S/C66H103N11O14/c1-14-41(4)57(52(90-12)39-55(80)76-35-22-26-51(76)58(91-13)43(6)59(81)72-50(65(87)88)38-47-23-17-15-18-24-47)75(11)63(85)45(8)70-61(83)56(40(2)3)73(9)36-32-46-28-30-48(31-29-46)74(10)64(86)49(25-21-33-68-66(67)89)71-60(82)44(7)69-53(78)27-19-16-20-34-77-54(79)37-42(5)62(77)84/h15,17-18,23-24,28-31,40-45,49-52,56-58H,14,16,19-22,25-27,32-39H2,1-13H3,(H,69,78)(H,70,83)(H,71,82)(H,72,81)(H,87,88)(H3,67,68,89)/t41-,42?,43+,44-,45-,49-,50-,51-,52+,56-,57-,58+/m0/s1. The molecule has 0 aromatic heterocycles. The predicted octanol–water partition coefficient (Wildman–Crippen LogP) is 3.78. The number of nitrogens with two attached hydrogens (primary N) is 1. The summed E-state index contributed by atoms with van der Waals surface area (Å²) in [7, 11) is 8.05. The first kappa shape index (κ1) is 75.9. The number of carboxylic acids is 1. The Hall–Kier alpha value is -7.51. The van der Waals surface area contributed by atoms with Gasteiger partial charge in [-0.3, -0.25) is 53.0 Å². The van der Waals surface area contributed by atoms with Crippen LogP contribution in [0, 0.1) is 23.7 Å². The molecule has 0 saturated carbocycles. The van der Waals surface area contributed by atoms with E-state index >= 15 is 0 Å². The van der Waals surface area contributed by atoms with Crippen molar-refractivity contribution in [3.63, 3.8) is 0 Å². The first-order valence-electron chi connectivity index (χ1n) is 32.1. The second-order valence-corrected chi connectivity index (χ2v) is 25.0. The molecule has 12 atom stereocenters. The number of nitrogens with zero attached hydrogens (tertiary/aromatic N) is 5. The van der Waals surface area contributed by atoms with E-state index in [0.29, 0.717) is 76.7 Å². The van der Waals surface area contributed by atoms with Crippen molar-refractivity contribution in [2.75, 3.05) is 66.4 Å². The molecule has 2 aliphatic rings. The van der Waals surface area contributed by atoms with Gasteiger partial charge in [0.05, 0.1) is 42.7 Å². The number of unbranched alkanes of at least 4 members (excludes halogenated alkanes) is 2. The maximum atomic E-state index is 14.4. The lowest BCUT2D eigenvalue weighted by Crippen LogP contribution is -2.58. The van der Waals surface area contributed by atoms with Crippen molar-refractivity contribution in [1.29, 1.82) is 0 Å². The quantitative estimate of drug-likeness (QED) is 0.0372. The minimum Gasteiger partial charge on any atom is -0.480 e. The number of ether oxygens (including phenoxy) is 2. The van der Waals surface area contributed by atoms with Gasteiger partial charge in [-0.25, -0.2) is 9.59 Å². The van der Waals surface area contributed by atoms with Gasteiger partial charge < -0.3 is 61.6 Å². The number of carbonyl (C=O) groups is 11. The summed E-state index contributed by atoms with van der Waals surface area (Å²) in [5.41, 5.74) is 7.45. The Kier molecular flexibility index (Phi) is 31.0. The fraction of sp³-hybridized carbons (Fsp3) is 0.652. The molecule has 0 spiro atoms. The number of aliphatic carboxylic acids is 1. The van der Waals surface area contributed by atoms with Crippen LogP contribution in [0.1, 0.15) is 137 Å². The zero-order chi connectivity index (χ0) is 67.8. The molecule has 0 radical (unpaired) electrons. The molecule has 25 nitrogen and oxygen atoms in total. The van der Waals surface area contributed by atoms with E-state index in [0.717, 1.165) is 11.1 Å². The monoisotopic (exact) mass is 1270 g/mol. The molecule has 2 aromatic carbocycles. The third kappa shape index (κ3) is 22.4. The molecular formula is C66H103N11O14. The van der Waals surface area contributed by atoms with E-state index in [2.05, 4.69) is 26.6 Å². The summed E-state index contributed by atoms with van der Waals surface area (Å²) in [6, 6.07) is 9.71. The molecule has 0 bridgehead atoms. The number of amides is 11. The third-order valence-electron chi connectivity index (χ3n) is 17.8. The summed E-state index contributed by atoms with van der Waals surface area (Å²) in [5.74, 6) is -5.83. The van der Waals surface area contributed by atoms with Crippen molar-refractivity contribution < 1.29 is 67.3 Å². The Morgan fingerprint density at radius 2 is 1.42 bits per heavy atom. The molecule has 11 amide bonds. The Morgan fingerprint density at radius 1 is 0.758 bits per heavy atom. The number of hydrogen-bond acceptors (Lipinski definition) is 14. The lowest BCUT2D eigenvalue weighted by atomic mass is 9.90. The highest BCUT2D eigenvalue weighted by Crippen LogP contribution is 2.30. The summed E-state index contributed by atoms with van der Waals surface area (Å²) < 4.78 is 12.0. The average molecular weight is 1270 g/mol. The van der Waals surface area contributed by atoms with Gasteiger partial charge in [-0.2, -0.15) is 0 Å². The van der Waals surface area contributed by atoms with Gasteiger partial charge in [0, 0.05) is 85.4 Å². The number of methoxy groups -OCH3 is 2. The van der Waals surface area contributed by atoms with Crippen LogP contribution in [0.2, 0.25) is 0 Å². The Balaban J connectivity index is 1.34. The van der Waals surface area contributed by atoms with Crippen LogP contribution in [0.15, 0.2) is 54.6 Å². The van der Waals surface area contributed by atoms with E-state index in [1.54, 1.807) is 81.1 Å². The summed E-state index contributed by atoms with van der Waals surface area (Å²) in [6.45, 7) is 15.7. The second kappa shape index (κ2) is 37.1. The molecule has 4 rings (SSSR count). The number of likely N-dealkylation sites (N-methyl/N-ethyl adjacent to an activating group) is 3. The number of nitrogens with one attached hydrogen (secondary N) is 5. The number of urea groups is 1. The molecule has 2 heterocycles. The summed E-state index contributed by atoms with van der Waals surface area (Å²) in [6.07, 6.45) is 3.28. The molecule has 91 heavy (non-hydrogen) atoms. The lowest BCUT2D eigenvalue weighted by Gasteiger charge is -2.40. The number of carboxylic acid groups (broad SMARTS) is 1. The van der Waals surface area contributed by atoms with Crippen molar-refractivity contribution in [2.24, 2.45) is 29.4 Å². The number of primary amides is 1. The van der Waals surface area contributed by atoms with Gasteiger partial charge in [0.25, 0.3) is 0 Å². The van der Waals surface area contributed by atoms with E-state index in [1.807, 2.05) is 57.8 Å². The molecule has 2 saturated heterocycles. The predicted molar refractivity (Wildman–Crippen MR) is 344 cm³/mol. The van der Waals surface area contributed by atoms with Crippen molar-refractivity contribution >= 4 is 70.9 Å². The highest BCUT2D eigenvalue weighted by Gasteiger charge is 2.43. The van der Waals surface area contributed by atoms with Crippen LogP contribution in [0.25, 0.3) is 0 Å². The minimum atomic E-state index is -1.17. The van der Waals surface area contributed by atoms with Crippen LogP contribution in [0.4, 0.5) is 10.5 Å². The maximum absolute atomic E-state index is 14.4. The number of anilines is 1. The molecule has 25 heteroatoms. The number of carbonyl (C=O) groups excluding carboxylic acids is 10. The van der Waals surface area contributed by atoms with Gasteiger partial charge in [0.1, 0.15) is 24.2 Å². The van der Waals surface area contributed by atoms with E-state index in [9.17, 15) is 57.8 Å². The fourth-order valence-corrected chi connectivity index (χ4v) is 12.3. The molecule has 506 valence electrons. The molecule has 8 N–H and O–H groups in total. The van der Waals surface area contributed by atoms with Crippen LogP contribution in [0.5, 0.6) is 0 Å². The zero-order valence-electron chi connectivity index (χ0n) is 55.8. The Bertz CT molecular complexity index is 2770. The molecular weight excluding hydrogens is 1170 g/mol. The third-order valence-corrected chi connectivity index (χ3v) is 17.8. The molecule has 2 aromatic rings. The van der Waals surface area contributed by atoms with Gasteiger partial charge in [-0.1, -0.05) is 96.8 Å². The summed E-state index contributed by atoms with van der Waals surface area (Å²) >= 11 is 0. The topological polar surface area (TPSA) is 329 Å². The van der Waals surface area contributed by atoms with Gasteiger partial charge in [0.15, 0.2) is 0 Å². The van der Waals surface area contributed by atoms with Crippen molar-refractivity contribution in [3.05, 3.63) is 65.7 Å². The van der Waals surface area contributed by atoms with E-state index in [4.69, 9.17) is 15.2 Å². The van der Waals surface area contributed by atoms with Crippen molar-refractivity contribution in [2.45, 2.75) is 193 Å². The van der Waals surface area contributed by atoms with Gasteiger partial charge >= 0.3 is 12.0 Å². The van der Waals surface area contributed by atoms with Crippen LogP contribution < -0.4 is 37.2 Å². The van der Waals surface area contributed by atoms with Crippen molar-refractivity contribution in [1.82, 2.24) is 46.2 Å². The second-order valence-electron chi connectivity index (χ2n) is 25.0. The zero-order valence-corrected chi connectivity index (χ0v) is 55.8. The molecule has 1 unspecified atom stereocenters. The molecule has 2 fully saturated rings. The van der Waals surface area contributed by atoms with Gasteiger partial charge in [-0.05, 0) is 101 Å². The van der Waals surface area contributed by atoms with Gasteiger partial charge in [0.2, 0.25) is 53.2 Å². The lowest BCUT2D eigenvalue weighted by molar-refractivity contribution is -0.147. The van der Waals surface area contributed by atoms with E-state index in [-0.39, 0.29) is 91.8 Å². The first-order valence-corrected chi connectivity index (χ1v) is 32.1. The largest absolute Gasteiger partial charge is 0.480 e. The number of benzene rings is 2. The summed E-state index contributed by atoms with van der Waals surface area (Å²) in [4.78, 5) is 153. The van der Waals surface area contributed by atoms with E-state index < -0.39 is 90.1 Å². The maximum Gasteiger partial charge on any atom is 0.326 e. The van der Waals surface area contributed by atoms with Crippen LogP contribution in [-0.2, 0) is 70.3 Å². The highest BCUT2D eigenvalue weighted by atomic mass is 16.5. The van der Waals surface area contributed by atoms with Crippen LogP contribution >= 0.6 is 0 Å². The fourth-order valence-electron chi connectivity index (χ4n) is 12.3. The number of imide groups is 1. The first-order chi connectivity index (χ1) is 43.1. The van der Waals surface area contributed by atoms with Gasteiger partial charge in [-0.15, -0.1) is 0 Å². The normalized spacial score (nSPS) is 18.2. The van der Waals surface area contributed by atoms with E-state index in [1.165, 1.54) is 30.9 Å². The minimum absolute atomic E-state index is 0.0867. The van der Waals surface area contributed by atoms with Crippen LogP contribution in [0.3, 0.4) is 0 Å². The highest BCUT2D eigenvalue weighted by molar-refractivity contribution is 6.03. The summed E-state index contributed by atoms with van der Waals surface area (Å²) in [5, 5.41) is 23.6. The smallest absolute Gasteiger partial charge is 0.326 e. The SMILES string of the molecule is CC[C@H](C)[C@@H]([C@@H](CC(=O)N1CCC[C@H]1[C@H](OC)[C@@H](C)C(=O)N[C@@H](Cc1ccccc1)C(=O)O)OC)N(C)C(=O)[C@H](C)NC(=O)[C@H](C(C)C)N(C)CCc1ccc(N(C)C(=O)[C@H](CCCNC(N)=O)NC(=O)[C@H](C)NC(=O)CCCCCN2C(=O)CC(C)C2=O)cc1. The van der Waals surface area contributed by atoms with Crippen LogP contribution in [-0.4, -0.2) is 206 Å². The molecule has 0 aliphatic carbocycles. The number of likely N-dealkylation sites (tertiary alicyclic amines) is 2. The average Bonchev–Trinajstić information content (AvgIpc) is 1.91. The number of rotatable bonds is 38. The molecule has 2 aliphatic heterocycles. The number of hydrogen-bond donors (Lipinski definition) is 7. The Morgan fingerprint density at radius 3 is 2.00 bits per heavy atom. The van der Waals surface area contributed by atoms with Crippen molar-refractivity contribution in [3.8, 4) is 0 Å². The Labute approximate surface area is 537 Å².